The number of ketones is 1. The number of aryl methyl sites for hydroxylation is 1. The number of allylic oxidation sites excluding steroid dienone is 1. The maximum Gasteiger partial charge on any atom is 0.189 e. The van der Waals surface area contributed by atoms with Gasteiger partial charge in [0, 0.05) is 18.8 Å². The molecule has 0 spiro atoms. The zero-order chi connectivity index (χ0) is 20.1. The fraction of sp³-hybridized carbons (Fsp3) is 0.143. The summed E-state index contributed by atoms with van der Waals surface area (Å²) < 4.78 is 12.8. The third-order valence-electron chi connectivity index (χ3n) is 4.02. The Morgan fingerprint density at radius 3 is 2.75 bits per heavy atom. The Labute approximate surface area is 173 Å². The van der Waals surface area contributed by atoms with Crippen LogP contribution in [-0.2, 0) is 13.7 Å². The first-order chi connectivity index (χ1) is 13.5. The number of carbonyl (C=O) groups excluding carboxylic acids is 1. The molecule has 5 nitrogen and oxygen atoms in total. The molecule has 3 aromatic rings. The van der Waals surface area contributed by atoms with Crippen molar-refractivity contribution in [3.05, 3.63) is 81.6 Å². The molecule has 0 bridgehead atoms. The average Bonchev–Trinajstić information content (AvgIpc) is 3.13. The first kappa shape index (κ1) is 20.0. The Morgan fingerprint density at radius 2 is 2.04 bits per heavy atom. The van der Waals surface area contributed by atoms with Gasteiger partial charge in [0.1, 0.15) is 23.1 Å². The minimum absolute atomic E-state index is 0.118. The average molecular weight is 417 g/mol. The molecule has 28 heavy (non-hydrogen) atoms. The van der Waals surface area contributed by atoms with Crippen LogP contribution >= 0.6 is 23.2 Å². The highest BCUT2D eigenvalue weighted by atomic mass is 35.5. The maximum atomic E-state index is 12.2. The van der Waals surface area contributed by atoms with Crippen LogP contribution in [0.5, 0.6) is 11.5 Å². The smallest absolute Gasteiger partial charge is 0.189 e. The van der Waals surface area contributed by atoms with Crippen molar-refractivity contribution in [1.82, 2.24) is 9.78 Å². The normalized spacial score (nSPS) is 11.0. The van der Waals surface area contributed by atoms with Crippen molar-refractivity contribution in [3.63, 3.8) is 0 Å². The largest absolute Gasteiger partial charge is 0.496 e. The summed E-state index contributed by atoms with van der Waals surface area (Å²) in [5, 5.41) is 4.79. The predicted octanol–water partition coefficient (Wildman–Crippen LogP) is 5.21. The van der Waals surface area contributed by atoms with Crippen molar-refractivity contribution in [2.24, 2.45) is 7.05 Å². The molecule has 0 aliphatic rings. The fourth-order valence-corrected chi connectivity index (χ4v) is 2.93. The van der Waals surface area contributed by atoms with Gasteiger partial charge in [-0.15, -0.1) is 0 Å². The van der Waals surface area contributed by atoms with Crippen molar-refractivity contribution in [1.29, 1.82) is 0 Å². The molecule has 7 heteroatoms. The summed E-state index contributed by atoms with van der Waals surface area (Å²) in [5.74, 6) is 1.05. The molecule has 0 fully saturated rings. The Kier molecular flexibility index (Phi) is 6.39. The van der Waals surface area contributed by atoms with Crippen LogP contribution in [-0.4, -0.2) is 22.7 Å². The molecule has 0 aliphatic carbocycles. The summed E-state index contributed by atoms with van der Waals surface area (Å²) in [5.41, 5.74) is 2.19. The zero-order valence-corrected chi connectivity index (χ0v) is 16.9. The summed E-state index contributed by atoms with van der Waals surface area (Å²) in [4.78, 5) is 12.2. The van der Waals surface area contributed by atoms with Gasteiger partial charge in [-0.25, -0.2) is 0 Å². The molecule has 0 atom stereocenters. The number of hydrogen-bond acceptors (Lipinski definition) is 4. The number of rotatable bonds is 7. The topological polar surface area (TPSA) is 53.3 Å². The molecule has 3 rings (SSSR count). The van der Waals surface area contributed by atoms with Crippen molar-refractivity contribution in [3.8, 4) is 11.5 Å². The van der Waals surface area contributed by atoms with Crippen LogP contribution in [0.2, 0.25) is 10.0 Å². The van der Waals surface area contributed by atoms with Crippen molar-refractivity contribution in [2.75, 3.05) is 7.11 Å². The second-order valence-corrected chi connectivity index (χ2v) is 6.80. The number of nitrogens with zero attached hydrogens (tertiary/aromatic N) is 2. The minimum Gasteiger partial charge on any atom is -0.496 e. The number of halogens is 2. The third-order valence-corrected chi connectivity index (χ3v) is 4.82. The van der Waals surface area contributed by atoms with Gasteiger partial charge >= 0.3 is 0 Å². The van der Waals surface area contributed by atoms with Gasteiger partial charge in [0.05, 0.1) is 23.9 Å². The van der Waals surface area contributed by atoms with Gasteiger partial charge in [0.15, 0.2) is 5.78 Å². The number of carbonyl (C=O) groups is 1. The van der Waals surface area contributed by atoms with Gasteiger partial charge in [-0.1, -0.05) is 41.4 Å². The maximum absolute atomic E-state index is 12.2. The SMILES string of the molecule is COc1ccc(/C=C/C(=O)c2cnn(C)c2)cc1COc1cccc(Cl)c1Cl. The van der Waals surface area contributed by atoms with E-state index >= 15 is 0 Å². The van der Waals surface area contributed by atoms with Gasteiger partial charge in [-0.2, -0.15) is 5.10 Å². The van der Waals surface area contributed by atoms with Crippen LogP contribution in [0.1, 0.15) is 21.5 Å². The third kappa shape index (κ3) is 4.74. The van der Waals surface area contributed by atoms with E-state index in [0.717, 1.165) is 11.1 Å². The van der Waals surface area contributed by atoms with E-state index < -0.39 is 0 Å². The van der Waals surface area contributed by atoms with Crippen molar-refractivity contribution in [2.45, 2.75) is 6.61 Å². The van der Waals surface area contributed by atoms with Gasteiger partial charge in [0.25, 0.3) is 0 Å². The second kappa shape index (κ2) is 8.95. The monoisotopic (exact) mass is 416 g/mol. The molecule has 1 heterocycles. The molecule has 2 aromatic carbocycles. The van der Waals surface area contributed by atoms with Crippen LogP contribution in [0.4, 0.5) is 0 Å². The number of hydrogen-bond donors (Lipinski definition) is 0. The summed E-state index contributed by atoms with van der Waals surface area (Å²) in [6.45, 7) is 0.238. The molecule has 0 unspecified atom stereocenters. The zero-order valence-electron chi connectivity index (χ0n) is 15.4. The lowest BCUT2D eigenvalue weighted by Gasteiger charge is -2.12. The quantitative estimate of drug-likeness (QED) is 0.391. The molecule has 1 aromatic heterocycles. The standard InChI is InChI=1S/C21H18Cl2N2O3/c1-25-12-16(11-24-25)18(26)8-6-14-7-9-19(27-2)15(10-14)13-28-20-5-3-4-17(22)21(20)23/h3-12H,13H2,1-2H3/b8-6+. The Bertz CT molecular complexity index is 1030. The van der Waals surface area contributed by atoms with Crippen molar-refractivity contribution >= 4 is 35.1 Å². The minimum atomic E-state index is -0.118. The lowest BCUT2D eigenvalue weighted by molar-refractivity contribution is 0.104. The highest BCUT2D eigenvalue weighted by Crippen LogP contribution is 2.32. The lowest BCUT2D eigenvalue weighted by Crippen LogP contribution is -2.00. The van der Waals surface area contributed by atoms with E-state index in [1.54, 1.807) is 49.3 Å². The number of aromatic nitrogens is 2. The Balaban J connectivity index is 1.77. The molecular formula is C21H18Cl2N2O3. The van der Waals surface area contributed by atoms with Gasteiger partial charge in [-0.3, -0.25) is 9.48 Å². The Morgan fingerprint density at radius 1 is 1.21 bits per heavy atom. The van der Waals surface area contributed by atoms with Gasteiger partial charge in [0.2, 0.25) is 0 Å². The van der Waals surface area contributed by atoms with Crippen molar-refractivity contribution < 1.29 is 14.3 Å². The van der Waals surface area contributed by atoms with E-state index in [1.165, 1.54) is 12.3 Å². The predicted molar refractivity (Wildman–Crippen MR) is 110 cm³/mol. The summed E-state index contributed by atoms with van der Waals surface area (Å²) >= 11 is 12.2. The highest BCUT2D eigenvalue weighted by Gasteiger charge is 2.09. The van der Waals surface area contributed by atoms with E-state index in [2.05, 4.69) is 5.10 Å². The van der Waals surface area contributed by atoms with Crippen LogP contribution in [0.25, 0.3) is 6.08 Å². The first-order valence-electron chi connectivity index (χ1n) is 8.42. The molecule has 144 valence electrons. The molecule has 0 aliphatic heterocycles. The van der Waals surface area contributed by atoms with E-state index in [0.29, 0.717) is 27.1 Å². The molecular weight excluding hydrogens is 399 g/mol. The molecule has 0 radical (unpaired) electrons. The van der Waals surface area contributed by atoms with E-state index in [4.69, 9.17) is 32.7 Å². The van der Waals surface area contributed by atoms with Crippen LogP contribution in [0.3, 0.4) is 0 Å². The van der Waals surface area contributed by atoms with Crippen LogP contribution < -0.4 is 9.47 Å². The summed E-state index contributed by atoms with van der Waals surface area (Å²) in [6, 6.07) is 10.8. The van der Waals surface area contributed by atoms with Crippen LogP contribution in [0.15, 0.2) is 54.9 Å². The lowest BCUT2D eigenvalue weighted by atomic mass is 10.1. The van der Waals surface area contributed by atoms with E-state index in [9.17, 15) is 4.79 Å². The number of ether oxygens (including phenoxy) is 2. The molecule has 0 saturated heterocycles. The fourth-order valence-electron chi connectivity index (χ4n) is 2.58. The Hall–Kier alpha value is -2.76. The molecule has 0 N–H and O–H groups in total. The van der Waals surface area contributed by atoms with E-state index in [1.807, 2.05) is 18.2 Å². The van der Waals surface area contributed by atoms with Gasteiger partial charge < -0.3 is 9.47 Å². The number of methoxy groups -OCH3 is 1. The summed E-state index contributed by atoms with van der Waals surface area (Å²) in [6.07, 6.45) is 6.46. The van der Waals surface area contributed by atoms with Gasteiger partial charge in [-0.05, 0) is 35.9 Å². The van der Waals surface area contributed by atoms with E-state index in [-0.39, 0.29) is 12.4 Å². The first-order valence-corrected chi connectivity index (χ1v) is 9.18. The molecule has 0 amide bonds. The molecule has 0 saturated carbocycles. The highest BCUT2D eigenvalue weighted by molar-refractivity contribution is 6.42. The van der Waals surface area contributed by atoms with Crippen LogP contribution in [0, 0.1) is 0 Å². The number of benzene rings is 2. The summed E-state index contributed by atoms with van der Waals surface area (Å²) in [7, 11) is 3.36. The second-order valence-electron chi connectivity index (χ2n) is 6.01.